The maximum atomic E-state index is 10.6. The van der Waals surface area contributed by atoms with Crippen LogP contribution in [0.1, 0.15) is 26.7 Å². The molecular weight excluding hydrogens is 210 g/mol. The van der Waals surface area contributed by atoms with Gasteiger partial charge in [-0.2, -0.15) is 0 Å². The molecule has 0 aliphatic carbocycles. The summed E-state index contributed by atoms with van der Waals surface area (Å²) in [5, 5.41) is 2.63. The number of ether oxygens (including phenoxy) is 2. The molecule has 0 spiro atoms. The van der Waals surface area contributed by atoms with E-state index < -0.39 is 0 Å². The number of ketones is 1. The molecule has 0 rings (SSSR count). The lowest BCUT2D eigenvalue weighted by atomic mass is 10.2. The van der Waals surface area contributed by atoms with E-state index in [-0.39, 0.29) is 11.7 Å². The molecule has 0 fully saturated rings. The van der Waals surface area contributed by atoms with Crippen molar-refractivity contribution in [2.45, 2.75) is 26.7 Å². The minimum atomic E-state index is -0.0518. The second kappa shape index (κ2) is 10.6. The van der Waals surface area contributed by atoms with Crippen LogP contribution in [0.25, 0.3) is 0 Å². The molecule has 0 unspecified atom stereocenters. The molecular formula is C11H21NO4. The summed E-state index contributed by atoms with van der Waals surface area (Å²) < 4.78 is 10.5. The summed E-state index contributed by atoms with van der Waals surface area (Å²) in [7, 11) is 0. The molecule has 0 aromatic rings. The van der Waals surface area contributed by atoms with E-state index in [9.17, 15) is 9.59 Å². The molecule has 94 valence electrons. The topological polar surface area (TPSA) is 64.6 Å². The van der Waals surface area contributed by atoms with Gasteiger partial charge in [0.15, 0.2) is 0 Å². The fraction of sp³-hybridized carbons (Fsp3) is 0.818. The van der Waals surface area contributed by atoms with Gasteiger partial charge in [0.05, 0.1) is 19.8 Å². The van der Waals surface area contributed by atoms with E-state index in [1.165, 1.54) is 6.92 Å². The molecule has 0 bridgehead atoms. The molecule has 0 saturated carbocycles. The Hall–Kier alpha value is -0.940. The molecule has 0 heterocycles. The van der Waals surface area contributed by atoms with E-state index in [4.69, 9.17) is 9.47 Å². The highest BCUT2D eigenvalue weighted by Crippen LogP contribution is 1.91. The van der Waals surface area contributed by atoms with Crippen LogP contribution in [-0.2, 0) is 19.1 Å². The fourth-order valence-electron chi connectivity index (χ4n) is 1.04. The van der Waals surface area contributed by atoms with Crippen LogP contribution in [0.5, 0.6) is 0 Å². The molecule has 16 heavy (non-hydrogen) atoms. The van der Waals surface area contributed by atoms with Gasteiger partial charge in [-0.05, 0) is 13.3 Å². The van der Waals surface area contributed by atoms with Crippen molar-refractivity contribution in [1.82, 2.24) is 5.32 Å². The van der Waals surface area contributed by atoms with Gasteiger partial charge >= 0.3 is 0 Å². The van der Waals surface area contributed by atoms with Crippen molar-refractivity contribution in [1.29, 1.82) is 0 Å². The van der Waals surface area contributed by atoms with Gasteiger partial charge < -0.3 is 19.6 Å². The molecule has 0 aliphatic heterocycles. The monoisotopic (exact) mass is 231 g/mol. The van der Waals surface area contributed by atoms with Crippen molar-refractivity contribution in [3.8, 4) is 0 Å². The van der Waals surface area contributed by atoms with Crippen molar-refractivity contribution < 1.29 is 19.1 Å². The first-order chi connectivity index (χ1) is 7.63. The summed E-state index contributed by atoms with van der Waals surface area (Å²) in [6.07, 6.45) is 1.34. The summed E-state index contributed by atoms with van der Waals surface area (Å²) in [5.74, 6) is 0.138. The van der Waals surface area contributed by atoms with E-state index in [1.807, 2.05) is 0 Å². The van der Waals surface area contributed by atoms with Gasteiger partial charge in [-0.1, -0.05) is 0 Å². The minimum Gasteiger partial charge on any atom is -0.379 e. The Bertz CT molecular complexity index is 184. The number of amides is 1. The highest BCUT2D eigenvalue weighted by molar-refractivity contribution is 5.75. The van der Waals surface area contributed by atoms with Crippen LogP contribution >= 0.6 is 0 Å². The van der Waals surface area contributed by atoms with Crippen molar-refractivity contribution in [3.05, 3.63) is 0 Å². The predicted octanol–water partition coefficient (Wildman–Crippen LogP) is 0.525. The van der Waals surface area contributed by atoms with Gasteiger partial charge in [0.25, 0.3) is 0 Å². The maximum Gasteiger partial charge on any atom is 0.216 e. The average molecular weight is 231 g/mol. The van der Waals surface area contributed by atoms with Crippen LogP contribution in [0.15, 0.2) is 0 Å². The Kier molecular flexibility index (Phi) is 9.95. The minimum absolute atomic E-state index is 0.0518. The molecule has 0 aromatic carbocycles. The Morgan fingerprint density at radius 3 is 2.19 bits per heavy atom. The fourth-order valence-corrected chi connectivity index (χ4v) is 1.04. The summed E-state index contributed by atoms with van der Waals surface area (Å²) in [6, 6.07) is 0. The third-order valence-electron chi connectivity index (χ3n) is 1.81. The van der Waals surface area contributed by atoms with Gasteiger partial charge in [0.2, 0.25) is 5.91 Å². The molecule has 0 saturated heterocycles. The third kappa shape index (κ3) is 13.1. The molecule has 5 nitrogen and oxygen atoms in total. The average Bonchev–Trinajstić information content (AvgIpc) is 2.20. The molecule has 0 aromatic heterocycles. The van der Waals surface area contributed by atoms with Gasteiger partial charge in [-0.15, -0.1) is 0 Å². The van der Waals surface area contributed by atoms with E-state index in [0.29, 0.717) is 39.4 Å². The van der Waals surface area contributed by atoms with Crippen LogP contribution in [0.2, 0.25) is 0 Å². The van der Waals surface area contributed by atoms with Crippen molar-refractivity contribution >= 4 is 11.7 Å². The zero-order valence-corrected chi connectivity index (χ0v) is 10.1. The van der Waals surface area contributed by atoms with Crippen molar-refractivity contribution in [3.63, 3.8) is 0 Å². The number of nitrogens with one attached hydrogen (secondary N) is 1. The van der Waals surface area contributed by atoms with Crippen molar-refractivity contribution in [2.24, 2.45) is 0 Å². The normalized spacial score (nSPS) is 10.1. The largest absolute Gasteiger partial charge is 0.379 e. The summed E-state index contributed by atoms with van der Waals surface area (Å²) >= 11 is 0. The Morgan fingerprint density at radius 2 is 1.62 bits per heavy atom. The van der Waals surface area contributed by atoms with Crippen LogP contribution in [0.3, 0.4) is 0 Å². The second-order valence-electron chi connectivity index (χ2n) is 3.51. The van der Waals surface area contributed by atoms with E-state index >= 15 is 0 Å². The number of rotatable bonds is 10. The lowest BCUT2D eigenvalue weighted by Gasteiger charge is -2.05. The van der Waals surface area contributed by atoms with E-state index in [1.54, 1.807) is 6.92 Å². The van der Waals surface area contributed by atoms with Crippen LogP contribution < -0.4 is 5.32 Å². The van der Waals surface area contributed by atoms with Crippen LogP contribution in [0.4, 0.5) is 0 Å². The molecule has 0 radical (unpaired) electrons. The zero-order chi connectivity index (χ0) is 12.2. The Balaban J connectivity index is 2.98. The maximum absolute atomic E-state index is 10.6. The standard InChI is InChI=1S/C11H21NO4/c1-10(13)4-3-6-15-8-9-16-7-5-12-11(2)14/h3-9H2,1-2H3,(H,12,14). The first-order valence-corrected chi connectivity index (χ1v) is 5.52. The lowest BCUT2D eigenvalue weighted by molar-refractivity contribution is -0.119. The predicted molar refractivity (Wildman–Crippen MR) is 60.2 cm³/mol. The zero-order valence-electron chi connectivity index (χ0n) is 10.1. The smallest absolute Gasteiger partial charge is 0.216 e. The molecule has 0 atom stereocenters. The third-order valence-corrected chi connectivity index (χ3v) is 1.81. The number of hydrogen-bond donors (Lipinski definition) is 1. The second-order valence-corrected chi connectivity index (χ2v) is 3.51. The quantitative estimate of drug-likeness (QED) is 0.557. The highest BCUT2D eigenvalue weighted by Gasteiger charge is 1.94. The van der Waals surface area contributed by atoms with Gasteiger partial charge in [-0.25, -0.2) is 0 Å². The number of hydrogen-bond acceptors (Lipinski definition) is 4. The van der Waals surface area contributed by atoms with E-state index in [2.05, 4.69) is 5.32 Å². The van der Waals surface area contributed by atoms with Crippen LogP contribution in [-0.4, -0.2) is 44.7 Å². The molecule has 0 aliphatic rings. The number of carbonyl (C=O) groups excluding carboxylic acids is 2. The number of Topliss-reactive ketones (excluding diaryl/α,β-unsaturated/α-hetero) is 1. The Labute approximate surface area is 96.5 Å². The first kappa shape index (κ1) is 15.1. The van der Waals surface area contributed by atoms with E-state index in [0.717, 1.165) is 6.42 Å². The summed E-state index contributed by atoms with van der Waals surface area (Å²) in [4.78, 5) is 21.1. The lowest BCUT2D eigenvalue weighted by Crippen LogP contribution is -2.24. The van der Waals surface area contributed by atoms with Gasteiger partial charge in [-0.3, -0.25) is 4.79 Å². The molecule has 1 N–H and O–H groups in total. The highest BCUT2D eigenvalue weighted by atomic mass is 16.5. The summed E-state index contributed by atoms with van der Waals surface area (Å²) in [5.41, 5.74) is 0. The number of carbonyl (C=O) groups is 2. The van der Waals surface area contributed by atoms with Crippen molar-refractivity contribution in [2.75, 3.05) is 33.0 Å². The summed E-state index contributed by atoms with van der Waals surface area (Å²) in [6.45, 7) is 5.70. The first-order valence-electron chi connectivity index (χ1n) is 5.52. The Morgan fingerprint density at radius 1 is 1.00 bits per heavy atom. The van der Waals surface area contributed by atoms with Gasteiger partial charge in [0.1, 0.15) is 5.78 Å². The van der Waals surface area contributed by atoms with Gasteiger partial charge in [0, 0.05) is 26.5 Å². The molecule has 1 amide bonds. The molecule has 5 heteroatoms. The SMILES string of the molecule is CC(=O)CCCOCCOCCNC(C)=O. The van der Waals surface area contributed by atoms with Crippen LogP contribution in [0, 0.1) is 0 Å².